The third kappa shape index (κ3) is 7.74. The number of cyclic esters (lactones) is 1. The van der Waals surface area contributed by atoms with Crippen LogP contribution in [-0.4, -0.2) is 72.7 Å². The average Bonchev–Trinajstić information content (AvgIpc) is 3.90. The van der Waals surface area contributed by atoms with Gasteiger partial charge in [-0.1, -0.05) is 7.43 Å². The molecule has 0 aromatic heterocycles. The molecule has 15 heteroatoms. The molecular formula is C49H73BNaO13. The summed E-state index contributed by atoms with van der Waals surface area (Å²) in [7, 11) is 0. The Labute approximate surface area is 404 Å². The van der Waals surface area contributed by atoms with Gasteiger partial charge in [0.25, 0.3) is 0 Å². The maximum Gasteiger partial charge on any atom is 1.00 e. The Hall–Kier alpha value is -0.195. The van der Waals surface area contributed by atoms with Crippen molar-refractivity contribution in [2.75, 3.05) is 6.61 Å². The predicted octanol–water partition coefficient (Wildman–Crippen LogP) is 5.62. The van der Waals surface area contributed by atoms with Gasteiger partial charge in [-0.05, 0) is 145 Å². The number of carbonyl (C=O) groups is 2. The summed E-state index contributed by atoms with van der Waals surface area (Å²) in [5.41, 5.74) is 0. The van der Waals surface area contributed by atoms with Crippen LogP contribution in [0.1, 0.15) is 176 Å². The van der Waals surface area contributed by atoms with Crippen molar-refractivity contribution in [1.29, 1.82) is 0 Å². The van der Waals surface area contributed by atoms with Crippen LogP contribution in [0.15, 0.2) is 0 Å². The third-order valence-electron chi connectivity index (χ3n) is 19.6. The van der Waals surface area contributed by atoms with E-state index in [-0.39, 0.29) is 58.9 Å². The van der Waals surface area contributed by atoms with Crippen LogP contribution in [-0.2, 0) is 57.9 Å². The van der Waals surface area contributed by atoms with Crippen LogP contribution in [0.2, 0.25) is 0 Å². The maximum atomic E-state index is 11.5. The number of hydrogen-bond acceptors (Lipinski definition) is 13. The number of rotatable bonds is 0. The van der Waals surface area contributed by atoms with Crippen LogP contribution in [0.4, 0.5) is 0 Å². The third-order valence-corrected chi connectivity index (χ3v) is 19.6. The Morgan fingerprint density at radius 1 is 0.438 bits per heavy atom. The Kier molecular flexibility index (Phi) is 12.8. The number of aliphatic hydroxyl groups is 1. The van der Waals surface area contributed by atoms with E-state index in [2.05, 4.69) is 0 Å². The maximum absolute atomic E-state index is 11.5. The van der Waals surface area contributed by atoms with Crippen LogP contribution >= 0.6 is 0 Å². The molecular weight excluding hydrogens is 830 g/mol. The molecule has 14 aliphatic carbocycles. The molecule has 4 aliphatic heterocycles. The molecule has 1 atom stereocenters. The van der Waals surface area contributed by atoms with Gasteiger partial charge in [-0.25, -0.2) is 0 Å². The van der Waals surface area contributed by atoms with E-state index in [4.69, 9.17) is 48.3 Å². The Bertz CT molecular complexity index is 1670. The molecule has 18 rings (SSSR count). The summed E-state index contributed by atoms with van der Waals surface area (Å²) < 4.78 is 24.7. The fourth-order valence-corrected chi connectivity index (χ4v) is 17.1. The van der Waals surface area contributed by atoms with E-state index in [1.165, 1.54) is 96.3 Å². The van der Waals surface area contributed by atoms with Gasteiger partial charge in [-0.2, -0.15) is 29.3 Å². The van der Waals surface area contributed by atoms with Gasteiger partial charge in [-0.3, -0.25) is 9.59 Å². The summed E-state index contributed by atoms with van der Waals surface area (Å²) in [5.74, 6) is 5.08. The smallest absolute Gasteiger partial charge is 1.00 e. The molecule has 4 heterocycles. The second-order valence-electron chi connectivity index (χ2n) is 23.4. The van der Waals surface area contributed by atoms with E-state index in [1.54, 1.807) is 0 Å². The summed E-state index contributed by atoms with van der Waals surface area (Å²) in [6.07, 6.45) is 25.9. The number of esters is 1. The van der Waals surface area contributed by atoms with Crippen LogP contribution in [0.5, 0.6) is 0 Å². The van der Waals surface area contributed by atoms with Crippen molar-refractivity contribution in [2.24, 2.45) is 71.0 Å². The van der Waals surface area contributed by atoms with Gasteiger partial charge in [0.15, 0.2) is 0 Å². The van der Waals surface area contributed by atoms with Crippen molar-refractivity contribution in [3.8, 4) is 0 Å². The van der Waals surface area contributed by atoms with E-state index in [0.717, 1.165) is 61.2 Å². The minimum Gasteiger partial charge on any atom is -1.00 e. The van der Waals surface area contributed by atoms with E-state index < -0.39 is 34.7 Å². The minimum absolute atomic E-state index is 0. The summed E-state index contributed by atoms with van der Waals surface area (Å²) in [4.78, 5) is 57.9. The molecule has 18 aliphatic rings. The normalized spacial score (nSPS) is 53.4. The Morgan fingerprint density at radius 2 is 0.750 bits per heavy atom. The molecule has 12 bridgehead atoms. The van der Waals surface area contributed by atoms with E-state index in [9.17, 15) is 14.7 Å². The van der Waals surface area contributed by atoms with Crippen molar-refractivity contribution in [3.63, 3.8) is 0 Å². The van der Waals surface area contributed by atoms with Gasteiger partial charge < -0.3 is 25.5 Å². The molecule has 13 nitrogen and oxygen atoms in total. The molecule has 0 aromatic carbocycles. The van der Waals surface area contributed by atoms with Gasteiger partial charge >= 0.3 is 35.5 Å². The molecule has 64 heavy (non-hydrogen) atoms. The number of aliphatic hydroxyl groups excluding tert-OH is 1. The Balaban J connectivity index is 0.000000119. The van der Waals surface area contributed by atoms with Gasteiger partial charge in [0, 0.05) is 95.3 Å². The first-order valence-corrected chi connectivity index (χ1v) is 25.1. The molecule has 18 fully saturated rings. The first-order valence-electron chi connectivity index (χ1n) is 25.1. The van der Waals surface area contributed by atoms with Gasteiger partial charge in [-0.15, -0.1) is 0 Å². The molecule has 4 saturated heterocycles. The molecule has 0 aromatic rings. The summed E-state index contributed by atoms with van der Waals surface area (Å²) in [6, 6.07) is 0. The SMILES string of the molecule is C.O=C1CCC2(CC1)OOC1(O2)C2CC3CC(C2)CC1C3.O=C1CCC2(CCO1)OOC1(O2)C2CC3CC(C2)CC1C3.OC1CCC2(CC1)OOC1(O2)C2CC3CC(C2)CC1C3.[B].[H-].[Na+]. The standard InChI is InChI=1S/C16H22O5.C16H24O4.C16H22O4.CH4.B.Na.H/c17-14-1-2-15(3-4-18-14)19-16(21-20-15)12-6-10-5-11(8-12)9-13(16)7-10;2*17-14-1-3-15(4-2-14)18-16(20-19-15)12-6-10-5-11(8-12)9-13(16)7-10;;;;/h10-13H,1-9H2;10-14,17H,1-9H2;10-13H,1-9H2;1H4;;;/q;;;;;+1;-1. The number of carbonyl (C=O) groups excluding carboxylic acids is 2. The molecule has 3 radical (unpaired) electrons. The van der Waals surface area contributed by atoms with Gasteiger partial charge in [0.05, 0.1) is 19.1 Å². The van der Waals surface area contributed by atoms with Crippen LogP contribution in [0.25, 0.3) is 0 Å². The summed E-state index contributed by atoms with van der Waals surface area (Å²) in [6.45, 7) is 0.360. The fraction of sp³-hybridized carbons (Fsp3) is 0.959. The zero-order valence-corrected chi connectivity index (χ0v) is 39.5. The molecule has 0 amide bonds. The van der Waals surface area contributed by atoms with Crippen LogP contribution < -0.4 is 29.6 Å². The molecule has 351 valence electrons. The fourth-order valence-electron chi connectivity index (χ4n) is 17.1. The average molecular weight is 904 g/mol. The van der Waals surface area contributed by atoms with E-state index in [1.807, 2.05) is 0 Å². The van der Waals surface area contributed by atoms with E-state index >= 15 is 0 Å². The zero-order valence-electron chi connectivity index (χ0n) is 38.5. The first kappa shape index (κ1) is 47.5. The topological polar surface area (TPSA) is 147 Å². The van der Waals surface area contributed by atoms with Crippen molar-refractivity contribution in [2.45, 2.75) is 215 Å². The second-order valence-corrected chi connectivity index (χ2v) is 23.4. The van der Waals surface area contributed by atoms with Crippen molar-refractivity contribution < 1.29 is 94.0 Å². The first-order chi connectivity index (χ1) is 29.5. The number of ether oxygens (including phenoxy) is 4. The molecule has 6 spiro atoms. The van der Waals surface area contributed by atoms with Crippen molar-refractivity contribution in [3.05, 3.63) is 0 Å². The second kappa shape index (κ2) is 17.3. The number of Topliss-reactive ketones (excluding diaryl/α,β-unsaturated/α-hetero) is 1. The monoisotopic (exact) mass is 904 g/mol. The van der Waals surface area contributed by atoms with Gasteiger partial charge in [0.1, 0.15) is 5.78 Å². The van der Waals surface area contributed by atoms with Crippen LogP contribution in [0, 0.1) is 71.0 Å². The van der Waals surface area contributed by atoms with Crippen LogP contribution in [0.3, 0.4) is 0 Å². The van der Waals surface area contributed by atoms with Gasteiger partial charge in [0.2, 0.25) is 34.7 Å². The Morgan fingerprint density at radius 3 is 1.11 bits per heavy atom. The number of hydrogen-bond donors (Lipinski definition) is 1. The summed E-state index contributed by atoms with van der Waals surface area (Å²) >= 11 is 0. The minimum atomic E-state index is -0.762. The largest absolute Gasteiger partial charge is 1.00 e. The van der Waals surface area contributed by atoms with E-state index in [0.29, 0.717) is 92.8 Å². The predicted molar refractivity (Wildman–Crippen MR) is 224 cm³/mol. The quantitative estimate of drug-likeness (QED) is 0.183. The summed E-state index contributed by atoms with van der Waals surface area (Å²) in [5, 5.41) is 9.70. The molecule has 1 unspecified atom stereocenters. The van der Waals surface area contributed by atoms with Crippen molar-refractivity contribution >= 4 is 20.2 Å². The zero-order chi connectivity index (χ0) is 40.8. The number of ketones is 1. The molecule has 1 N–H and O–H groups in total. The molecule has 14 saturated carbocycles. The van der Waals surface area contributed by atoms with Crippen molar-refractivity contribution in [1.82, 2.24) is 0 Å².